The van der Waals surface area contributed by atoms with Gasteiger partial charge in [-0.25, -0.2) is 4.98 Å². The second-order valence-electron chi connectivity index (χ2n) is 6.26. The normalized spacial score (nSPS) is 12.7. The summed E-state index contributed by atoms with van der Waals surface area (Å²) < 4.78 is 2.03. The zero-order valence-electron chi connectivity index (χ0n) is 12.0. The fourth-order valence-electron chi connectivity index (χ4n) is 2.28. The Labute approximate surface area is 116 Å². The molecular formula is C14H18N4S. The van der Waals surface area contributed by atoms with Crippen LogP contribution in [0.5, 0.6) is 0 Å². The number of aryl methyl sites for hydroxylation is 2. The van der Waals surface area contributed by atoms with Crippen molar-refractivity contribution in [3.8, 4) is 0 Å². The van der Waals surface area contributed by atoms with Gasteiger partial charge in [0.2, 0.25) is 0 Å². The Hall–Kier alpha value is -1.49. The van der Waals surface area contributed by atoms with Crippen molar-refractivity contribution < 1.29 is 0 Å². The van der Waals surface area contributed by atoms with Crippen molar-refractivity contribution in [2.75, 3.05) is 0 Å². The Morgan fingerprint density at radius 2 is 1.95 bits per heavy atom. The molecule has 0 bridgehead atoms. The fourth-order valence-corrected chi connectivity index (χ4v) is 3.28. The average molecular weight is 274 g/mol. The van der Waals surface area contributed by atoms with E-state index in [2.05, 4.69) is 49.8 Å². The van der Waals surface area contributed by atoms with E-state index in [1.165, 1.54) is 10.4 Å². The monoisotopic (exact) mass is 274 g/mol. The molecule has 19 heavy (non-hydrogen) atoms. The lowest BCUT2D eigenvalue weighted by atomic mass is 9.92. The van der Waals surface area contributed by atoms with Crippen molar-refractivity contribution >= 4 is 27.2 Å². The summed E-state index contributed by atoms with van der Waals surface area (Å²) in [6.07, 6.45) is 2.75. The maximum Gasteiger partial charge on any atom is 0.172 e. The topological polar surface area (TPSA) is 43.1 Å². The highest BCUT2D eigenvalue weighted by Gasteiger charge is 2.19. The molecule has 0 saturated heterocycles. The van der Waals surface area contributed by atoms with Gasteiger partial charge < -0.3 is 0 Å². The highest BCUT2D eigenvalue weighted by Crippen LogP contribution is 2.31. The molecule has 0 fully saturated rings. The Morgan fingerprint density at radius 3 is 2.63 bits per heavy atom. The van der Waals surface area contributed by atoms with E-state index in [4.69, 9.17) is 0 Å². The van der Waals surface area contributed by atoms with Gasteiger partial charge in [0.15, 0.2) is 5.65 Å². The van der Waals surface area contributed by atoms with E-state index >= 15 is 0 Å². The maximum absolute atomic E-state index is 4.56. The molecule has 0 aliphatic rings. The van der Waals surface area contributed by atoms with Crippen LogP contribution in [0.25, 0.3) is 15.9 Å². The van der Waals surface area contributed by atoms with E-state index in [-0.39, 0.29) is 5.41 Å². The first-order valence-electron chi connectivity index (χ1n) is 6.45. The summed E-state index contributed by atoms with van der Waals surface area (Å²) in [5, 5.41) is 9.89. The Balaban J connectivity index is 2.28. The number of hydrogen-bond acceptors (Lipinski definition) is 4. The van der Waals surface area contributed by atoms with Crippen molar-refractivity contribution in [3.05, 3.63) is 22.6 Å². The second kappa shape index (κ2) is 4.00. The Kier molecular flexibility index (Phi) is 2.64. The predicted octanol–water partition coefficient (Wildman–Crippen LogP) is 3.54. The lowest BCUT2D eigenvalue weighted by Gasteiger charge is -2.16. The minimum absolute atomic E-state index is 0.192. The zero-order chi connectivity index (χ0) is 13.8. The molecular weight excluding hydrogens is 256 g/mol. The van der Waals surface area contributed by atoms with Gasteiger partial charge in [-0.1, -0.05) is 20.8 Å². The van der Waals surface area contributed by atoms with Crippen LogP contribution in [0.15, 0.2) is 6.33 Å². The van der Waals surface area contributed by atoms with Crippen LogP contribution in [-0.2, 0) is 6.42 Å². The molecule has 4 nitrogen and oxygen atoms in total. The molecule has 3 heterocycles. The van der Waals surface area contributed by atoms with Gasteiger partial charge in [-0.2, -0.15) is 0 Å². The molecule has 3 rings (SSSR count). The van der Waals surface area contributed by atoms with Gasteiger partial charge in [-0.05, 0) is 24.8 Å². The van der Waals surface area contributed by atoms with Gasteiger partial charge in [0.1, 0.15) is 17.0 Å². The average Bonchev–Trinajstić information content (AvgIpc) is 2.80. The molecule has 0 N–H and O–H groups in total. The third kappa shape index (κ3) is 2.02. The van der Waals surface area contributed by atoms with Crippen LogP contribution in [0, 0.1) is 19.3 Å². The van der Waals surface area contributed by atoms with Crippen molar-refractivity contribution in [1.82, 2.24) is 19.6 Å². The largest absolute Gasteiger partial charge is 0.269 e. The fraction of sp³-hybridized carbons (Fsp3) is 0.500. The molecule has 3 aromatic rings. The van der Waals surface area contributed by atoms with E-state index in [0.717, 1.165) is 28.1 Å². The minimum atomic E-state index is 0.192. The van der Waals surface area contributed by atoms with E-state index < -0.39 is 0 Å². The first-order chi connectivity index (χ1) is 8.87. The molecule has 0 aliphatic carbocycles. The lowest BCUT2D eigenvalue weighted by molar-refractivity contribution is 0.399. The minimum Gasteiger partial charge on any atom is -0.269 e. The van der Waals surface area contributed by atoms with Gasteiger partial charge in [0, 0.05) is 11.3 Å². The summed E-state index contributed by atoms with van der Waals surface area (Å²) in [5.74, 6) is 0.986. The molecule has 0 spiro atoms. The number of nitrogens with zero attached hydrogens (tertiary/aromatic N) is 4. The van der Waals surface area contributed by atoms with Crippen LogP contribution >= 0.6 is 11.3 Å². The van der Waals surface area contributed by atoms with Crippen molar-refractivity contribution in [2.24, 2.45) is 5.41 Å². The van der Waals surface area contributed by atoms with Crippen molar-refractivity contribution in [3.63, 3.8) is 0 Å². The smallest absolute Gasteiger partial charge is 0.172 e. The van der Waals surface area contributed by atoms with Crippen LogP contribution in [0.4, 0.5) is 0 Å². The molecule has 0 saturated carbocycles. The van der Waals surface area contributed by atoms with Gasteiger partial charge in [-0.3, -0.25) is 4.40 Å². The Morgan fingerprint density at radius 1 is 1.21 bits per heavy atom. The number of hydrogen-bond donors (Lipinski definition) is 0. The molecule has 5 heteroatoms. The summed E-state index contributed by atoms with van der Waals surface area (Å²) >= 11 is 1.72. The second-order valence-corrected chi connectivity index (χ2v) is 7.46. The van der Waals surface area contributed by atoms with Gasteiger partial charge in [0.05, 0.1) is 5.39 Å². The summed E-state index contributed by atoms with van der Waals surface area (Å²) in [6, 6.07) is 0. The predicted molar refractivity (Wildman–Crippen MR) is 78.8 cm³/mol. The van der Waals surface area contributed by atoms with Crippen LogP contribution in [0.3, 0.4) is 0 Å². The van der Waals surface area contributed by atoms with E-state index in [1.54, 1.807) is 11.3 Å². The molecule has 0 unspecified atom stereocenters. The third-order valence-corrected chi connectivity index (χ3v) is 4.45. The zero-order valence-corrected chi connectivity index (χ0v) is 12.8. The van der Waals surface area contributed by atoms with Crippen LogP contribution in [0.1, 0.15) is 37.0 Å². The number of rotatable bonds is 1. The first-order valence-corrected chi connectivity index (χ1v) is 7.27. The molecule has 100 valence electrons. The summed E-state index contributed by atoms with van der Waals surface area (Å²) in [7, 11) is 0. The number of aromatic nitrogens is 4. The van der Waals surface area contributed by atoms with Gasteiger partial charge >= 0.3 is 0 Å². The van der Waals surface area contributed by atoms with Gasteiger partial charge in [0.25, 0.3) is 0 Å². The number of thiophene rings is 1. The molecule has 0 aromatic carbocycles. The van der Waals surface area contributed by atoms with Crippen LogP contribution in [-0.4, -0.2) is 19.6 Å². The molecule has 0 amide bonds. The number of fused-ring (bicyclic) bond motifs is 3. The molecule has 0 radical (unpaired) electrons. The van der Waals surface area contributed by atoms with E-state index in [1.807, 2.05) is 10.7 Å². The third-order valence-electron chi connectivity index (χ3n) is 3.34. The van der Waals surface area contributed by atoms with Crippen molar-refractivity contribution in [2.45, 2.75) is 41.0 Å². The van der Waals surface area contributed by atoms with Crippen molar-refractivity contribution in [1.29, 1.82) is 0 Å². The van der Waals surface area contributed by atoms with Crippen LogP contribution < -0.4 is 0 Å². The molecule has 0 aliphatic heterocycles. The summed E-state index contributed by atoms with van der Waals surface area (Å²) in [5.41, 5.74) is 2.40. The highest BCUT2D eigenvalue weighted by atomic mass is 32.1. The maximum atomic E-state index is 4.56. The Bertz CT molecular complexity index is 761. The summed E-state index contributed by atoms with van der Waals surface area (Å²) in [6.45, 7) is 10.9. The molecule has 0 atom stereocenters. The first kappa shape index (κ1) is 12.5. The highest BCUT2D eigenvalue weighted by molar-refractivity contribution is 7.18. The van der Waals surface area contributed by atoms with E-state index in [0.29, 0.717) is 0 Å². The standard InChI is InChI=1S/C14H18N4S/c1-8-9(2)19-13-11(8)12-17-16-10(6-14(3,4)5)18(12)7-15-13/h7H,6H2,1-5H3. The summed E-state index contributed by atoms with van der Waals surface area (Å²) in [4.78, 5) is 6.91. The lowest BCUT2D eigenvalue weighted by Crippen LogP contribution is -2.12. The molecule has 3 aromatic heterocycles. The van der Waals surface area contributed by atoms with Crippen LogP contribution in [0.2, 0.25) is 0 Å². The van der Waals surface area contributed by atoms with Gasteiger partial charge in [-0.15, -0.1) is 21.5 Å². The quantitative estimate of drug-likeness (QED) is 0.681. The SMILES string of the molecule is Cc1sc2ncn3c(CC(C)(C)C)nnc3c2c1C. The van der Waals surface area contributed by atoms with E-state index in [9.17, 15) is 0 Å².